The van der Waals surface area contributed by atoms with Crippen LogP contribution in [-0.4, -0.2) is 23.7 Å². The first kappa shape index (κ1) is 11.7. The first-order valence-corrected chi connectivity index (χ1v) is 5.18. The van der Waals surface area contributed by atoms with Gasteiger partial charge < -0.3 is 10.4 Å². The van der Waals surface area contributed by atoms with Gasteiger partial charge in [-0.2, -0.15) is 0 Å². The van der Waals surface area contributed by atoms with Crippen molar-refractivity contribution in [1.82, 2.24) is 5.32 Å². The van der Waals surface area contributed by atoms with Crippen LogP contribution in [0.15, 0.2) is 24.3 Å². The molecule has 15 heavy (non-hydrogen) atoms. The molecule has 1 amide bonds. The molecule has 0 saturated carbocycles. The Morgan fingerprint density at radius 1 is 1.53 bits per heavy atom. The number of carbonyl (C=O) groups is 1. The summed E-state index contributed by atoms with van der Waals surface area (Å²) in [6, 6.07) is 7.34. The summed E-state index contributed by atoms with van der Waals surface area (Å²) in [6.07, 6.45) is 0.197. The fourth-order valence-corrected chi connectivity index (χ4v) is 1.44. The van der Waals surface area contributed by atoms with Crippen LogP contribution in [-0.2, 0) is 6.42 Å². The number of rotatable bonds is 4. The van der Waals surface area contributed by atoms with Crippen molar-refractivity contribution in [1.29, 1.82) is 0 Å². The highest BCUT2D eigenvalue weighted by Gasteiger charge is 2.05. The summed E-state index contributed by atoms with van der Waals surface area (Å²) in [5.74, 6) is -0.0649. The summed E-state index contributed by atoms with van der Waals surface area (Å²) in [7, 11) is 0. The molecule has 1 aromatic rings. The molecular formula is C12H17NO2. The van der Waals surface area contributed by atoms with Crippen molar-refractivity contribution >= 4 is 5.91 Å². The molecule has 0 radical (unpaired) electrons. The second kappa shape index (κ2) is 5.51. The van der Waals surface area contributed by atoms with E-state index in [4.69, 9.17) is 0 Å². The van der Waals surface area contributed by atoms with Crippen LogP contribution in [0.5, 0.6) is 0 Å². The minimum atomic E-state index is -0.380. The first-order valence-electron chi connectivity index (χ1n) is 5.18. The summed E-state index contributed by atoms with van der Waals surface area (Å²) >= 11 is 0. The summed E-state index contributed by atoms with van der Waals surface area (Å²) < 4.78 is 0. The smallest absolute Gasteiger partial charge is 0.251 e. The molecule has 0 bridgehead atoms. The number of carbonyl (C=O) groups excluding carboxylic acids is 1. The van der Waals surface area contributed by atoms with Crippen molar-refractivity contribution in [3.05, 3.63) is 35.4 Å². The number of benzene rings is 1. The lowest BCUT2D eigenvalue weighted by Gasteiger charge is -2.06. The number of aliphatic hydroxyl groups excluding tert-OH is 1. The summed E-state index contributed by atoms with van der Waals surface area (Å²) in [5, 5.41) is 12.0. The maximum atomic E-state index is 11.5. The topological polar surface area (TPSA) is 49.3 Å². The van der Waals surface area contributed by atoms with Crippen molar-refractivity contribution in [2.24, 2.45) is 0 Å². The van der Waals surface area contributed by atoms with Gasteiger partial charge in [0.1, 0.15) is 0 Å². The molecule has 3 heteroatoms. The Kier molecular flexibility index (Phi) is 4.31. The zero-order chi connectivity index (χ0) is 11.3. The number of nitrogens with one attached hydrogen (secondary N) is 1. The molecule has 0 aliphatic heterocycles. The van der Waals surface area contributed by atoms with Crippen molar-refractivity contribution in [2.45, 2.75) is 26.4 Å². The standard InChI is InChI=1S/C12H17NO2/c1-3-13-12(15)11-6-4-5-10(8-11)7-9(2)14/h4-6,8-9,14H,3,7H2,1-2H3,(H,13,15). The zero-order valence-electron chi connectivity index (χ0n) is 9.16. The van der Waals surface area contributed by atoms with Gasteiger partial charge in [-0.3, -0.25) is 4.79 Å². The van der Waals surface area contributed by atoms with E-state index in [1.54, 1.807) is 13.0 Å². The predicted octanol–water partition coefficient (Wildman–Crippen LogP) is 1.36. The maximum absolute atomic E-state index is 11.5. The molecule has 0 aliphatic rings. The second-order valence-electron chi connectivity index (χ2n) is 3.61. The molecule has 0 saturated heterocycles. The van der Waals surface area contributed by atoms with E-state index in [0.29, 0.717) is 18.5 Å². The molecule has 0 heterocycles. The molecule has 1 atom stereocenters. The predicted molar refractivity (Wildman–Crippen MR) is 59.8 cm³/mol. The lowest BCUT2D eigenvalue weighted by Crippen LogP contribution is -2.22. The Bertz CT molecular complexity index is 334. The summed E-state index contributed by atoms with van der Waals surface area (Å²) in [6.45, 7) is 4.25. The van der Waals surface area contributed by atoms with Crippen molar-refractivity contribution in [3.63, 3.8) is 0 Å². The molecule has 1 unspecified atom stereocenters. The Labute approximate surface area is 90.1 Å². The van der Waals surface area contributed by atoms with E-state index < -0.39 is 0 Å². The Balaban J connectivity index is 2.78. The van der Waals surface area contributed by atoms with E-state index in [0.717, 1.165) is 5.56 Å². The normalized spacial score (nSPS) is 12.2. The van der Waals surface area contributed by atoms with Gasteiger partial charge >= 0.3 is 0 Å². The van der Waals surface area contributed by atoms with Crippen LogP contribution in [0.2, 0.25) is 0 Å². The third kappa shape index (κ3) is 3.72. The minimum Gasteiger partial charge on any atom is -0.393 e. The number of hydrogen-bond acceptors (Lipinski definition) is 2. The molecule has 1 rings (SSSR count). The van der Waals surface area contributed by atoms with E-state index in [1.807, 2.05) is 25.1 Å². The molecule has 2 N–H and O–H groups in total. The number of amides is 1. The molecular weight excluding hydrogens is 190 g/mol. The van der Waals surface area contributed by atoms with Crippen LogP contribution in [0, 0.1) is 0 Å². The van der Waals surface area contributed by atoms with Gasteiger partial charge in [0.25, 0.3) is 5.91 Å². The van der Waals surface area contributed by atoms with Crippen molar-refractivity contribution < 1.29 is 9.90 Å². The van der Waals surface area contributed by atoms with Gasteiger partial charge in [-0.05, 0) is 38.0 Å². The average Bonchev–Trinajstić information content (AvgIpc) is 2.17. The van der Waals surface area contributed by atoms with Gasteiger partial charge in [-0.15, -0.1) is 0 Å². The van der Waals surface area contributed by atoms with Gasteiger partial charge in [0.2, 0.25) is 0 Å². The van der Waals surface area contributed by atoms with E-state index >= 15 is 0 Å². The summed E-state index contributed by atoms with van der Waals surface area (Å²) in [4.78, 5) is 11.5. The fourth-order valence-electron chi connectivity index (χ4n) is 1.44. The molecule has 0 fully saturated rings. The fraction of sp³-hybridized carbons (Fsp3) is 0.417. The van der Waals surface area contributed by atoms with Crippen molar-refractivity contribution in [2.75, 3.05) is 6.54 Å². The number of hydrogen-bond donors (Lipinski definition) is 2. The van der Waals surface area contributed by atoms with Gasteiger partial charge in [-0.1, -0.05) is 12.1 Å². The summed E-state index contributed by atoms with van der Waals surface area (Å²) in [5.41, 5.74) is 1.63. The van der Waals surface area contributed by atoms with Crippen LogP contribution in [0.3, 0.4) is 0 Å². The van der Waals surface area contributed by atoms with Gasteiger partial charge in [-0.25, -0.2) is 0 Å². The number of aliphatic hydroxyl groups is 1. The SMILES string of the molecule is CCNC(=O)c1cccc(CC(C)O)c1. The van der Waals surface area contributed by atoms with Crippen LogP contribution in [0.1, 0.15) is 29.8 Å². The van der Waals surface area contributed by atoms with E-state index in [1.165, 1.54) is 0 Å². The molecule has 82 valence electrons. The zero-order valence-corrected chi connectivity index (χ0v) is 9.16. The van der Waals surface area contributed by atoms with E-state index in [-0.39, 0.29) is 12.0 Å². The third-order valence-corrected chi connectivity index (χ3v) is 2.06. The Hall–Kier alpha value is -1.35. The largest absolute Gasteiger partial charge is 0.393 e. The molecule has 0 aromatic heterocycles. The van der Waals surface area contributed by atoms with Gasteiger partial charge in [0.05, 0.1) is 6.10 Å². The molecule has 0 aliphatic carbocycles. The molecule has 1 aromatic carbocycles. The highest BCUT2D eigenvalue weighted by atomic mass is 16.3. The quantitative estimate of drug-likeness (QED) is 0.783. The Morgan fingerprint density at radius 2 is 2.27 bits per heavy atom. The van der Waals surface area contributed by atoms with E-state index in [9.17, 15) is 9.90 Å². The molecule has 0 spiro atoms. The maximum Gasteiger partial charge on any atom is 0.251 e. The van der Waals surface area contributed by atoms with Crippen LogP contribution in [0.25, 0.3) is 0 Å². The third-order valence-electron chi connectivity index (χ3n) is 2.06. The van der Waals surface area contributed by atoms with Crippen molar-refractivity contribution in [3.8, 4) is 0 Å². The Morgan fingerprint density at radius 3 is 2.87 bits per heavy atom. The lowest BCUT2D eigenvalue weighted by atomic mass is 10.1. The highest BCUT2D eigenvalue weighted by molar-refractivity contribution is 5.94. The first-order chi connectivity index (χ1) is 7.13. The van der Waals surface area contributed by atoms with Gasteiger partial charge in [0.15, 0.2) is 0 Å². The lowest BCUT2D eigenvalue weighted by molar-refractivity contribution is 0.0955. The van der Waals surface area contributed by atoms with E-state index in [2.05, 4.69) is 5.32 Å². The molecule has 3 nitrogen and oxygen atoms in total. The second-order valence-corrected chi connectivity index (χ2v) is 3.61. The van der Waals surface area contributed by atoms with Crippen LogP contribution < -0.4 is 5.32 Å². The highest BCUT2D eigenvalue weighted by Crippen LogP contribution is 2.07. The minimum absolute atomic E-state index is 0.0649. The van der Waals surface area contributed by atoms with Gasteiger partial charge in [0, 0.05) is 12.1 Å². The average molecular weight is 207 g/mol. The monoisotopic (exact) mass is 207 g/mol. The van der Waals surface area contributed by atoms with Crippen LogP contribution >= 0.6 is 0 Å². The van der Waals surface area contributed by atoms with Crippen LogP contribution in [0.4, 0.5) is 0 Å².